The van der Waals surface area contributed by atoms with Crippen LogP contribution in [0.4, 0.5) is 5.69 Å². The van der Waals surface area contributed by atoms with E-state index in [1.54, 1.807) is 6.33 Å². The molecule has 1 saturated carbocycles. The number of benzene rings is 1. The van der Waals surface area contributed by atoms with Gasteiger partial charge in [-0.15, -0.1) is 10.2 Å². The average Bonchev–Trinajstić information content (AvgIpc) is 3.36. The van der Waals surface area contributed by atoms with Gasteiger partial charge < -0.3 is 15.2 Å². The van der Waals surface area contributed by atoms with Gasteiger partial charge in [0.2, 0.25) is 11.8 Å². The second-order valence-corrected chi connectivity index (χ2v) is 6.82. The molecule has 8 heteroatoms. The smallest absolute Gasteiger partial charge is 0.243 e. The first-order chi connectivity index (χ1) is 12.2. The highest BCUT2D eigenvalue weighted by Crippen LogP contribution is 2.37. The van der Waals surface area contributed by atoms with Gasteiger partial charge in [0, 0.05) is 11.7 Å². The summed E-state index contributed by atoms with van der Waals surface area (Å²) in [6.45, 7) is 1.98. The number of carbonyl (C=O) groups is 2. The van der Waals surface area contributed by atoms with E-state index in [1.807, 2.05) is 35.8 Å². The minimum absolute atomic E-state index is 0.0489. The zero-order valence-electron chi connectivity index (χ0n) is 14.1. The second-order valence-electron chi connectivity index (χ2n) is 5.88. The Morgan fingerprint density at radius 1 is 1.28 bits per heavy atom. The first-order valence-corrected chi connectivity index (χ1v) is 9.32. The van der Waals surface area contributed by atoms with Crippen LogP contribution in [0.2, 0.25) is 0 Å². The number of nitrogens with one attached hydrogen (secondary N) is 2. The van der Waals surface area contributed by atoms with E-state index in [2.05, 4.69) is 20.8 Å². The van der Waals surface area contributed by atoms with Crippen LogP contribution in [-0.4, -0.2) is 38.9 Å². The molecule has 2 aromatic rings. The van der Waals surface area contributed by atoms with Crippen LogP contribution in [0.15, 0.2) is 35.7 Å². The van der Waals surface area contributed by atoms with E-state index in [4.69, 9.17) is 0 Å². The van der Waals surface area contributed by atoms with E-state index >= 15 is 0 Å². The molecular weight excluding hydrogens is 338 g/mol. The number of rotatable bonds is 8. The summed E-state index contributed by atoms with van der Waals surface area (Å²) < 4.78 is 2.01. The summed E-state index contributed by atoms with van der Waals surface area (Å²) in [6.07, 6.45) is 4.81. The molecule has 0 aliphatic heterocycles. The third kappa shape index (κ3) is 4.82. The lowest BCUT2D eigenvalue weighted by molar-refractivity contribution is -0.122. The van der Waals surface area contributed by atoms with E-state index < -0.39 is 0 Å². The fourth-order valence-corrected chi connectivity index (χ4v) is 3.26. The Morgan fingerprint density at radius 2 is 2.08 bits per heavy atom. The molecule has 2 amide bonds. The van der Waals surface area contributed by atoms with Gasteiger partial charge in [0.15, 0.2) is 5.16 Å². The van der Waals surface area contributed by atoms with Gasteiger partial charge in [-0.25, -0.2) is 0 Å². The molecular formula is C17H21N5O2S. The number of carbonyl (C=O) groups excluding carboxylic acids is 2. The highest BCUT2D eigenvalue weighted by Gasteiger charge is 2.26. The molecule has 0 unspecified atom stereocenters. The van der Waals surface area contributed by atoms with Gasteiger partial charge in [-0.2, -0.15) is 0 Å². The fraction of sp³-hybridized carbons (Fsp3) is 0.412. The number of thioether (sulfide) groups is 1. The van der Waals surface area contributed by atoms with Gasteiger partial charge in [0.25, 0.3) is 0 Å². The number of hydrogen-bond donors (Lipinski definition) is 2. The molecule has 1 aromatic heterocycles. The summed E-state index contributed by atoms with van der Waals surface area (Å²) >= 11 is 1.34. The lowest BCUT2D eigenvalue weighted by Gasteiger charge is -2.10. The number of para-hydroxylation sites is 1. The number of nitrogens with zero attached hydrogens (tertiary/aromatic N) is 3. The SMILES string of the molecule is CCc1ccccc1NC(=O)CNC(=O)CSc1nncn1C1CC1. The molecule has 1 fully saturated rings. The molecule has 25 heavy (non-hydrogen) atoms. The normalized spacial score (nSPS) is 13.5. The minimum Gasteiger partial charge on any atom is -0.346 e. The molecule has 0 atom stereocenters. The Kier molecular flexibility index (Phi) is 5.70. The van der Waals surface area contributed by atoms with Crippen molar-refractivity contribution in [1.29, 1.82) is 0 Å². The molecule has 1 heterocycles. The van der Waals surface area contributed by atoms with Crippen molar-refractivity contribution in [3.63, 3.8) is 0 Å². The Morgan fingerprint density at radius 3 is 2.84 bits per heavy atom. The zero-order chi connectivity index (χ0) is 17.6. The fourth-order valence-electron chi connectivity index (χ4n) is 2.44. The number of amides is 2. The van der Waals surface area contributed by atoms with Crippen molar-refractivity contribution in [2.75, 3.05) is 17.6 Å². The molecule has 0 spiro atoms. The topological polar surface area (TPSA) is 88.9 Å². The quantitative estimate of drug-likeness (QED) is 0.704. The third-order valence-corrected chi connectivity index (χ3v) is 4.89. The van der Waals surface area contributed by atoms with Gasteiger partial charge in [-0.1, -0.05) is 36.9 Å². The number of aromatic nitrogens is 3. The molecule has 0 bridgehead atoms. The number of hydrogen-bond acceptors (Lipinski definition) is 5. The van der Waals surface area contributed by atoms with E-state index in [1.165, 1.54) is 11.8 Å². The highest BCUT2D eigenvalue weighted by atomic mass is 32.2. The molecule has 1 aliphatic rings. The molecule has 1 aromatic carbocycles. The van der Waals surface area contributed by atoms with Crippen molar-refractivity contribution in [3.8, 4) is 0 Å². The number of aryl methyl sites for hydroxylation is 1. The van der Waals surface area contributed by atoms with Gasteiger partial charge in [-0.3, -0.25) is 9.59 Å². The molecule has 0 radical (unpaired) electrons. The van der Waals surface area contributed by atoms with Crippen LogP contribution in [-0.2, 0) is 16.0 Å². The summed E-state index contributed by atoms with van der Waals surface area (Å²) in [4.78, 5) is 24.0. The highest BCUT2D eigenvalue weighted by molar-refractivity contribution is 7.99. The minimum atomic E-state index is -0.236. The first-order valence-electron chi connectivity index (χ1n) is 8.34. The van der Waals surface area contributed by atoms with Crippen LogP contribution < -0.4 is 10.6 Å². The van der Waals surface area contributed by atoms with E-state index in [9.17, 15) is 9.59 Å². The van der Waals surface area contributed by atoms with E-state index in [0.29, 0.717) is 6.04 Å². The Hall–Kier alpha value is -2.35. The lowest BCUT2D eigenvalue weighted by Crippen LogP contribution is -2.34. The second kappa shape index (κ2) is 8.15. The maximum atomic E-state index is 12.0. The zero-order valence-corrected chi connectivity index (χ0v) is 14.9. The van der Waals surface area contributed by atoms with Gasteiger partial charge in [0.05, 0.1) is 12.3 Å². The maximum absolute atomic E-state index is 12.0. The monoisotopic (exact) mass is 359 g/mol. The molecule has 7 nitrogen and oxygen atoms in total. The Labute approximate surface area is 150 Å². The first kappa shape index (κ1) is 17.5. The van der Waals surface area contributed by atoms with Crippen LogP contribution in [0.1, 0.15) is 31.4 Å². The largest absolute Gasteiger partial charge is 0.346 e. The van der Waals surface area contributed by atoms with E-state index in [-0.39, 0.29) is 24.1 Å². The standard InChI is InChI=1S/C17H21N5O2S/c1-2-12-5-3-4-6-14(12)20-15(23)9-18-16(24)10-25-17-21-19-11-22(17)13-7-8-13/h3-6,11,13H,2,7-10H2,1H3,(H,18,24)(H,20,23). The number of anilines is 1. The average molecular weight is 359 g/mol. The van der Waals surface area contributed by atoms with Crippen LogP contribution in [0.5, 0.6) is 0 Å². The van der Waals surface area contributed by atoms with Crippen molar-refractivity contribution < 1.29 is 9.59 Å². The van der Waals surface area contributed by atoms with Crippen molar-refractivity contribution >= 4 is 29.3 Å². The summed E-state index contributed by atoms with van der Waals surface area (Å²) in [5.74, 6) is -0.223. The van der Waals surface area contributed by atoms with Crippen molar-refractivity contribution in [1.82, 2.24) is 20.1 Å². The van der Waals surface area contributed by atoms with Crippen LogP contribution in [0.3, 0.4) is 0 Å². The van der Waals surface area contributed by atoms with Crippen LogP contribution in [0.25, 0.3) is 0 Å². The molecule has 0 saturated heterocycles. The summed E-state index contributed by atoms with van der Waals surface area (Å²) in [7, 11) is 0. The summed E-state index contributed by atoms with van der Waals surface area (Å²) in [6, 6.07) is 8.12. The lowest BCUT2D eigenvalue weighted by atomic mass is 10.1. The van der Waals surface area contributed by atoms with Crippen LogP contribution in [0, 0.1) is 0 Å². The van der Waals surface area contributed by atoms with E-state index in [0.717, 1.165) is 35.7 Å². The maximum Gasteiger partial charge on any atom is 0.243 e. The Balaban J connectivity index is 1.42. The molecule has 3 rings (SSSR count). The predicted octanol–water partition coefficient (Wildman–Crippen LogP) is 2.02. The van der Waals surface area contributed by atoms with Crippen LogP contribution >= 0.6 is 11.8 Å². The summed E-state index contributed by atoms with van der Waals surface area (Å²) in [5.41, 5.74) is 1.85. The molecule has 132 valence electrons. The summed E-state index contributed by atoms with van der Waals surface area (Å²) in [5, 5.41) is 14.1. The van der Waals surface area contributed by atoms with Crippen molar-refractivity contribution in [2.24, 2.45) is 0 Å². The van der Waals surface area contributed by atoms with Crippen molar-refractivity contribution in [3.05, 3.63) is 36.2 Å². The third-order valence-electron chi connectivity index (χ3n) is 3.93. The van der Waals surface area contributed by atoms with Gasteiger partial charge in [0.1, 0.15) is 6.33 Å². The predicted molar refractivity (Wildman–Crippen MR) is 96.5 cm³/mol. The van der Waals surface area contributed by atoms with Gasteiger partial charge in [-0.05, 0) is 30.9 Å². The molecule has 1 aliphatic carbocycles. The Bertz CT molecular complexity index is 757. The van der Waals surface area contributed by atoms with Crippen molar-refractivity contribution in [2.45, 2.75) is 37.4 Å². The van der Waals surface area contributed by atoms with Gasteiger partial charge >= 0.3 is 0 Å². The molecule has 2 N–H and O–H groups in total.